The molecule has 0 fully saturated rings. The second kappa shape index (κ2) is 6.31. The van der Waals surface area contributed by atoms with Crippen LogP contribution in [0.25, 0.3) is 0 Å². The van der Waals surface area contributed by atoms with Crippen molar-refractivity contribution in [3.05, 3.63) is 65.2 Å². The predicted molar refractivity (Wildman–Crippen MR) is 86.9 cm³/mol. The lowest BCUT2D eigenvalue weighted by molar-refractivity contribution is 0.0993. The molecule has 112 valence electrons. The maximum atomic E-state index is 10.7. The van der Waals surface area contributed by atoms with Crippen LogP contribution < -0.4 is 4.74 Å². The fraction of sp³-hybridized carbons (Fsp3) is 0.368. The van der Waals surface area contributed by atoms with Crippen molar-refractivity contribution in [1.82, 2.24) is 0 Å². The van der Waals surface area contributed by atoms with E-state index >= 15 is 0 Å². The van der Waals surface area contributed by atoms with Gasteiger partial charge in [0.05, 0.1) is 13.2 Å². The highest BCUT2D eigenvalue weighted by Crippen LogP contribution is 2.31. The van der Waals surface area contributed by atoms with Gasteiger partial charge in [-0.15, -0.1) is 0 Å². The molecule has 0 radical (unpaired) electrons. The molecule has 1 unspecified atom stereocenters. The van der Waals surface area contributed by atoms with E-state index in [-0.39, 0.29) is 5.41 Å². The minimum atomic E-state index is -0.476. The fourth-order valence-electron chi connectivity index (χ4n) is 2.59. The summed E-state index contributed by atoms with van der Waals surface area (Å²) in [4.78, 5) is 0. The van der Waals surface area contributed by atoms with E-state index in [0.29, 0.717) is 6.42 Å². The summed E-state index contributed by atoms with van der Waals surface area (Å²) in [7, 11) is 1.67. The SMILES string of the molecule is COc1ccc(C)cc1CC(O)C(C)(C)c1ccccc1. The molecular weight excluding hydrogens is 260 g/mol. The van der Waals surface area contributed by atoms with Crippen molar-refractivity contribution >= 4 is 0 Å². The van der Waals surface area contributed by atoms with E-state index in [1.807, 2.05) is 30.3 Å². The van der Waals surface area contributed by atoms with Crippen LogP contribution in [0.5, 0.6) is 5.75 Å². The Kier molecular flexibility index (Phi) is 4.69. The molecule has 2 heteroatoms. The molecule has 2 aromatic carbocycles. The Morgan fingerprint density at radius 1 is 1.10 bits per heavy atom. The van der Waals surface area contributed by atoms with Gasteiger partial charge in [-0.1, -0.05) is 61.9 Å². The molecule has 0 saturated carbocycles. The van der Waals surface area contributed by atoms with Crippen LogP contribution in [0.4, 0.5) is 0 Å². The summed E-state index contributed by atoms with van der Waals surface area (Å²) < 4.78 is 5.41. The average molecular weight is 284 g/mol. The minimum absolute atomic E-state index is 0.310. The Labute approximate surface area is 127 Å². The molecule has 0 heterocycles. The monoisotopic (exact) mass is 284 g/mol. The van der Waals surface area contributed by atoms with Gasteiger partial charge in [0.15, 0.2) is 0 Å². The third-order valence-electron chi connectivity index (χ3n) is 4.20. The van der Waals surface area contributed by atoms with Gasteiger partial charge >= 0.3 is 0 Å². The van der Waals surface area contributed by atoms with Crippen molar-refractivity contribution in [1.29, 1.82) is 0 Å². The zero-order chi connectivity index (χ0) is 15.5. The number of ether oxygens (including phenoxy) is 1. The number of methoxy groups -OCH3 is 1. The van der Waals surface area contributed by atoms with Crippen molar-refractivity contribution < 1.29 is 9.84 Å². The second-order valence-corrected chi connectivity index (χ2v) is 6.12. The predicted octanol–water partition coefficient (Wildman–Crippen LogP) is 3.88. The number of aliphatic hydroxyl groups is 1. The zero-order valence-corrected chi connectivity index (χ0v) is 13.3. The van der Waals surface area contributed by atoms with Gasteiger partial charge in [-0.05, 0) is 24.1 Å². The molecule has 0 aliphatic rings. The van der Waals surface area contributed by atoms with E-state index in [4.69, 9.17) is 4.74 Å². The lowest BCUT2D eigenvalue weighted by Crippen LogP contribution is -2.35. The van der Waals surface area contributed by atoms with Crippen molar-refractivity contribution in [2.75, 3.05) is 7.11 Å². The van der Waals surface area contributed by atoms with Crippen molar-refractivity contribution in [3.8, 4) is 5.75 Å². The average Bonchev–Trinajstić information content (AvgIpc) is 2.48. The van der Waals surface area contributed by atoms with Gasteiger partial charge < -0.3 is 9.84 Å². The summed E-state index contributed by atoms with van der Waals surface area (Å²) in [5.41, 5.74) is 3.06. The van der Waals surface area contributed by atoms with Gasteiger partial charge in [-0.2, -0.15) is 0 Å². The summed E-state index contributed by atoms with van der Waals surface area (Å²) >= 11 is 0. The molecule has 0 aliphatic carbocycles. The van der Waals surface area contributed by atoms with Gasteiger partial charge in [-0.3, -0.25) is 0 Å². The number of aliphatic hydroxyl groups excluding tert-OH is 1. The molecule has 0 spiro atoms. The molecule has 0 amide bonds. The molecule has 0 bridgehead atoms. The van der Waals surface area contributed by atoms with Crippen LogP contribution in [0.3, 0.4) is 0 Å². The maximum Gasteiger partial charge on any atom is 0.122 e. The van der Waals surface area contributed by atoms with Gasteiger partial charge in [0.2, 0.25) is 0 Å². The molecule has 2 nitrogen and oxygen atoms in total. The summed E-state index contributed by atoms with van der Waals surface area (Å²) in [6.45, 7) is 6.21. The third kappa shape index (κ3) is 3.45. The first-order chi connectivity index (χ1) is 9.95. The molecule has 1 N–H and O–H groups in total. The number of benzene rings is 2. The second-order valence-electron chi connectivity index (χ2n) is 6.12. The van der Waals surface area contributed by atoms with Crippen LogP contribution in [0.15, 0.2) is 48.5 Å². The molecular formula is C19H24O2. The Morgan fingerprint density at radius 2 is 1.76 bits per heavy atom. The van der Waals surface area contributed by atoms with Crippen LogP contribution in [0.2, 0.25) is 0 Å². The Balaban J connectivity index is 2.25. The summed E-state index contributed by atoms with van der Waals surface area (Å²) in [6, 6.07) is 16.2. The quantitative estimate of drug-likeness (QED) is 0.902. The fourth-order valence-corrected chi connectivity index (χ4v) is 2.59. The van der Waals surface area contributed by atoms with E-state index in [9.17, 15) is 5.11 Å². The lowest BCUT2D eigenvalue weighted by Gasteiger charge is -2.31. The molecule has 2 rings (SSSR count). The van der Waals surface area contributed by atoms with E-state index in [1.165, 1.54) is 5.56 Å². The van der Waals surface area contributed by atoms with Crippen molar-refractivity contribution in [2.24, 2.45) is 0 Å². The highest BCUT2D eigenvalue weighted by Gasteiger charge is 2.30. The summed E-state index contributed by atoms with van der Waals surface area (Å²) in [5.74, 6) is 0.837. The number of hydrogen-bond donors (Lipinski definition) is 1. The van der Waals surface area contributed by atoms with E-state index in [1.54, 1.807) is 7.11 Å². The minimum Gasteiger partial charge on any atom is -0.496 e. The highest BCUT2D eigenvalue weighted by molar-refractivity contribution is 5.38. The smallest absolute Gasteiger partial charge is 0.122 e. The number of hydrogen-bond acceptors (Lipinski definition) is 2. The zero-order valence-electron chi connectivity index (χ0n) is 13.3. The Morgan fingerprint density at radius 3 is 2.38 bits per heavy atom. The number of rotatable bonds is 5. The normalized spacial score (nSPS) is 13.0. The van der Waals surface area contributed by atoms with Gasteiger partial charge in [0.1, 0.15) is 5.75 Å². The van der Waals surface area contributed by atoms with Crippen LogP contribution in [-0.4, -0.2) is 18.3 Å². The molecule has 21 heavy (non-hydrogen) atoms. The third-order valence-corrected chi connectivity index (χ3v) is 4.20. The summed E-state index contributed by atoms with van der Waals surface area (Å²) in [6.07, 6.45) is 0.0998. The highest BCUT2D eigenvalue weighted by atomic mass is 16.5. The van der Waals surface area contributed by atoms with Crippen LogP contribution in [-0.2, 0) is 11.8 Å². The van der Waals surface area contributed by atoms with Gasteiger partial charge in [0, 0.05) is 11.8 Å². The Hall–Kier alpha value is -1.80. The van der Waals surface area contributed by atoms with E-state index in [2.05, 4.69) is 39.0 Å². The van der Waals surface area contributed by atoms with Crippen molar-refractivity contribution in [3.63, 3.8) is 0 Å². The molecule has 0 aliphatic heterocycles. The van der Waals surface area contributed by atoms with Crippen LogP contribution in [0, 0.1) is 6.92 Å². The topological polar surface area (TPSA) is 29.5 Å². The first kappa shape index (κ1) is 15.6. The van der Waals surface area contributed by atoms with E-state index < -0.39 is 6.10 Å². The van der Waals surface area contributed by atoms with Crippen LogP contribution >= 0.6 is 0 Å². The van der Waals surface area contributed by atoms with E-state index in [0.717, 1.165) is 16.9 Å². The van der Waals surface area contributed by atoms with Crippen molar-refractivity contribution in [2.45, 2.75) is 38.7 Å². The standard InChI is InChI=1S/C19H24O2/c1-14-10-11-17(21-4)15(12-14)13-18(20)19(2,3)16-8-6-5-7-9-16/h5-12,18,20H,13H2,1-4H3. The molecule has 0 saturated heterocycles. The lowest BCUT2D eigenvalue weighted by atomic mass is 9.77. The molecule has 2 aromatic rings. The number of aryl methyl sites for hydroxylation is 1. The largest absolute Gasteiger partial charge is 0.496 e. The first-order valence-corrected chi connectivity index (χ1v) is 7.32. The van der Waals surface area contributed by atoms with Crippen LogP contribution in [0.1, 0.15) is 30.5 Å². The molecule has 1 atom stereocenters. The first-order valence-electron chi connectivity index (χ1n) is 7.32. The van der Waals surface area contributed by atoms with Gasteiger partial charge in [0.25, 0.3) is 0 Å². The molecule has 0 aromatic heterocycles. The van der Waals surface area contributed by atoms with Gasteiger partial charge in [-0.25, -0.2) is 0 Å². The Bertz CT molecular complexity index is 588. The maximum absolute atomic E-state index is 10.7. The summed E-state index contributed by atoms with van der Waals surface area (Å²) in [5, 5.41) is 10.7.